The number of nitrogens with one attached hydrogen (secondary N) is 1. The van der Waals surface area contributed by atoms with E-state index in [0.29, 0.717) is 12.0 Å². The van der Waals surface area contributed by atoms with Gasteiger partial charge in [-0.05, 0) is 51.6 Å². The van der Waals surface area contributed by atoms with Crippen molar-refractivity contribution in [3.8, 4) is 5.75 Å². The lowest BCUT2D eigenvalue weighted by atomic mass is 9.93. The van der Waals surface area contributed by atoms with E-state index in [1.54, 1.807) is 0 Å². The number of hydrogen-bond acceptors (Lipinski definition) is 6. The van der Waals surface area contributed by atoms with E-state index in [-0.39, 0.29) is 12.2 Å². The summed E-state index contributed by atoms with van der Waals surface area (Å²) in [6, 6.07) is 6.37. The smallest absolute Gasteiger partial charge is 0.223 e. The molecular formula is C20H28N4O2. The van der Waals surface area contributed by atoms with Crippen molar-refractivity contribution in [3.63, 3.8) is 0 Å². The first kappa shape index (κ1) is 17.5. The number of likely N-dealkylation sites (tertiary alicyclic amines) is 1. The van der Waals surface area contributed by atoms with Crippen LogP contribution in [0.25, 0.3) is 10.9 Å². The van der Waals surface area contributed by atoms with Crippen molar-refractivity contribution in [2.45, 2.75) is 56.8 Å². The van der Waals surface area contributed by atoms with Crippen molar-refractivity contribution in [1.29, 1.82) is 0 Å². The van der Waals surface area contributed by atoms with Gasteiger partial charge < -0.3 is 20.1 Å². The molecule has 2 fully saturated rings. The fourth-order valence-corrected chi connectivity index (χ4v) is 3.88. The number of anilines is 1. The summed E-state index contributed by atoms with van der Waals surface area (Å²) in [7, 11) is 2.16. The quantitative estimate of drug-likeness (QED) is 0.878. The van der Waals surface area contributed by atoms with Gasteiger partial charge in [0.25, 0.3) is 0 Å². The molecule has 1 saturated heterocycles. The summed E-state index contributed by atoms with van der Waals surface area (Å²) < 4.78 is 6.30. The van der Waals surface area contributed by atoms with Gasteiger partial charge in [-0.3, -0.25) is 0 Å². The molecule has 1 aliphatic heterocycles. The average molecular weight is 356 g/mol. The van der Waals surface area contributed by atoms with Crippen LogP contribution in [-0.2, 0) is 0 Å². The van der Waals surface area contributed by atoms with Gasteiger partial charge in [0.15, 0.2) is 0 Å². The van der Waals surface area contributed by atoms with Gasteiger partial charge in [0, 0.05) is 30.7 Å². The molecule has 0 unspecified atom stereocenters. The van der Waals surface area contributed by atoms with Crippen LogP contribution in [0.2, 0.25) is 0 Å². The normalized spacial score (nSPS) is 25.3. The lowest BCUT2D eigenvalue weighted by Crippen LogP contribution is -2.35. The second kappa shape index (κ2) is 7.76. The lowest BCUT2D eigenvalue weighted by Gasteiger charge is -2.29. The van der Waals surface area contributed by atoms with Gasteiger partial charge in [-0.2, -0.15) is 0 Å². The van der Waals surface area contributed by atoms with Crippen LogP contribution in [0.4, 0.5) is 5.95 Å². The molecule has 2 aliphatic rings. The number of ether oxygens (including phenoxy) is 1. The maximum absolute atomic E-state index is 9.66. The molecule has 0 spiro atoms. The first-order valence-corrected chi connectivity index (χ1v) is 9.73. The van der Waals surface area contributed by atoms with Crippen LogP contribution in [0.3, 0.4) is 0 Å². The molecule has 1 saturated carbocycles. The summed E-state index contributed by atoms with van der Waals surface area (Å²) in [5, 5.41) is 14.1. The minimum Gasteiger partial charge on any atom is -0.488 e. The van der Waals surface area contributed by atoms with E-state index >= 15 is 0 Å². The first-order chi connectivity index (χ1) is 12.7. The molecule has 0 atom stereocenters. The van der Waals surface area contributed by atoms with Crippen molar-refractivity contribution in [3.05, 3.63) is 24.4 Å². The highest BCUT2D eigenvalue weighted by atomic mass is 16.5. The topological polar surface area (TPSA) is 70.5 Å². The minimum atomic E-state index is -0.153. The molecule has 0 radical (unpaired) electrons. The molecule has 0 bridgehead atoms. The van der Waals surface area contributed by atoms with E-state index < -0.39 is 0 Å². The zero-order chi connectivity index (χ0) is 17.9. The first-order valence-electron chi connectivity index (χ1n) is 9.73. The number of benzene rings is 1. The maximum atomic E-state index is 9.66. The van der Waals surface area contributed by atoms with Crippen LogP contribution in [0.1, 0.15) is 38.5 Å². The molecule has 4 rings (SSSR count). The summed E-state index contributed by atoms with van der Waals surface area (Å²) in [6.07, 6.45) is 7.66. The summed E-state index contributed by atoms with van der Waals surface area (Å²) in [5.41, 5.74) is 0.875. The summed E-state index contributed by atoms with van der Waals surface area (Å²) in [6.45, 7) is 2.15. The van der Waals surface area contributed by atoms with Crippen molar-refractivity contribution in [1.82, 2.24) is 14.9 Å². The number of piperidine rings is 1. The van der Waals surface area contributed by atoms with Crippen molar-refractivity contribution < 1.29 is 9.84 Å². The second-order valence-electron chi connectivity index (χ2n) is 7.66. The number of aromatic nitrogens is 2. The van der Waals surface area contributed by atoms with Crippen molar-refractivity contribution in [2.75, 3.05) is 25.5 Å². The summed E-state index contributed by atoms with van der Waals surface area (Å²) >= 11 is 0. The fraction of sp³-hybridized carbons (Fsp3) is 0.600. The minimum absolute atomic E-state index is 0.153. The molecule has 1 aliphatic carbocycles. The summed E-state index contributed by atoms with van der Waals surface area (Å²) in [4.78, 5) is 11.6. The molecule has 26 heavy (non-hydrogen) atoms. The Hall–Kier alpha value is -1.92. The molecule has 6 nitrogen and oxygen atoms in total. The number of aliphatic hydroxyl groups is 1. The van der Waals surface area contributed by atoms with E-state index in [9.17, 15) is 5.11 Å². The molecule has 0 amide bonds. The average Bonchev–Trinajstić information content (AvgIpc) is 2.66. The third kappa shape index (κ3) is 4.07. The Morgan fingerprint density at radius 2 is 1.88 bits per heavy atom. The van der Waals surface area contributed by atoms with Crippen LogP contribution in [0.15, 0.2) is 24.4 Å². The van der Waals surface area contributed by atoms with Crippen LogP contribution in [0.5, 0.6) is 5.75 Å². The van der Waals surface area contributed by atoms with Gasteiger partial charge in [0.1, 0.15) is 17.4 Å². The van der Waals surface area contributed by atoms with E-state index in [0.717, 1.165) is 68.3 Å². The van der Waals surface area contributed by atoms with Gasteiger partial charge in [-0.25, -0.2) is 9.97 Å². The number of rotatable bonds is 4. The highest BCUT2D eigenvalue weighted by molar-refractivity contribution is 5.84. The van der Waals surface area contributed by atoms with Gasteiger partial charge in [0.05, 0.1) is 6.10 Å². The molecule has 6 heteroatoms. The Morgan fingerprint density at radius 1 is 1.12 bits per heavy atom. The molecule has 2 aromatic rings. The van der Waals surface area contributed by atoms with E-state index in [4.69, 9.17) is 9.72 Å². The van der Waals surface area contributed by atoms with Crippen molar-refractivity contribution >= 4 is 16.9 Å². The van der Waals surface area contributed by atoms with E-state index in [2.05, 4.69) is 22.2 Å². The lowest BCUT2D eigenvalue weighted by molar-refractivity contribution is 0.115. The Labute approximate surface area is 154 Å². The molecule has 140 valence electrons. The fourth-order valence-electron chi connectivity index (χ4n) is 3.88. The summed E-state index contributed by atoms with van der Waals surface area (Å²) in [5.74, 6) is 1.50. The van der Waals surface area contributed by atoms with Gasteiger partial charge in [-0.1, -0.05) is 12.1 Å². The molecular weight excluding hydrogens is 328 g/mol. The highest BCUT2D eigenvalue weighted by Gasteiger charge is 2.21. The number of nitrogens with zero attached hydrogens (tertiary/aromatic N) is 3. The predicted octanol–water partition coefficient (Wildman–Crippen LogP) is 2.82. The van der Waals surface area contributed by atoms with E-state index in [1.165, 1.54) is 0 Å². The third-order valence-corrected chi connectivity index (χ3v) is 5.56. The van der Waals surface area contributed by atoms with Crippen molar-refractivity contribution in [2.24, 2.45) is 0 Å². The number of para-hydroxylation sites is 1. The maximum Gasteiger partial charge on any atom is 0.223 e. The molecule has 2 heterocycles. The van der Waals surface area contributed by atoms with Gasteiger partial charge >= 0.3 is 0 Å². The monoisotopic (exact) mass is 356 g/mol. The Kier molecular flexibility index (Phi) is 5.22. The van der Waals surface area contributed by atoms with E-state index in [1.807, 2.05) is 24.4 Å². The zero-order valence-corrected chi connectivity index (χ0v) is 15.4. The largest absolute Gasteiger partial charge is 0.488 e. The number of hydrogen-bond donors (Lipinski definition) is 2. The Balaban J connectivity index is 1.50. The molecule has 1 aromatic carbocycles. The van der Waals surface area contributed by atoms with Gasteiger partial charge in [-0.15, -0.1) is 0 Å². The SMILES string of the molecule is CN1CCC(Oc2cccc3cnc(N[C@H]4CC[C@H](O)CC4)nc23)CC1. The Morgan fingerprint density at radius 3 is 2.65 bits per heavy atom. The standard InChI is InChI=1S/C20H28N4O2/c1-24-11-9-17(10-12-24)26-18-4-2-3-14-13-21-20(23-19(14)18)22-15-5-7-16(25)8-6-15/h2-4,13,15-17,25H,5-12H2,1H3,(H,21,22,23)/t15-,16-. The third-order valence-electron chi connectivity index (χ3n) is 5.56. The number of aliphatic hydroxyl groups excluding tert-OH is 1. The molecule has 2 N–H and O–H groups in total. The highest BCUT2D eigenvalue weighted by Crippen LogP contribution is 2.28. The van der Waals surface area contributed by atoms with Crippen LogP contribution < -0.4 is 10.1 Å². The second-order valence-corrected chi connectivity index (χ2v) is 7.66. The Bertz CT molecular complexity index is 738. The van der Waals surface area contributed by atoms with Crippen LogP contribution in [-0.4, -0.2) is 58.4 Å². The molecule has 1 aromatic heterocycles. The zero-order valence-electron chi connectivity index (χ0n) is 15.4. The van der Waals surface area contributed by atoms with Crippen LogP contribution in [0, 0.1) is 0 Å². The number of fused-ring (bicyclic) bond motifs is 1. The van der Waals surface area contributed by atoms with Gasteiger partial charge in [0.2, 0.25) is 5.95 Å². The van der Waals surface area contributed by atoms with Crippen LogP contribution >= 0.6 is 0 Å². The predicted molar refractivity (Wildman–Crippen MR) is 103 cm³/mol.